The molecule has 1 atom stereocenters. The van der Waals surface area contributed by atoms with Gasteiger partial charge in [0.25, 0.3) is 0 Å². The molecule has 2 aliphatic rings. The van der Waals surface area contributed by atoms with Crippen molar-refractivity contribution in [3.63, 3.8) is 0 Å². The van der Waals surface area contributed by atoms with Crippen molar-refractivity contribution in [2.45, 2.75) is 18.8 Å². The summed E-state index contributed by atoms with van der Waals surface area (Å²) in [6, 6.07) is 16.3. The van der Waals surface area contributed by atoms with Crippen molar-refractivity contribution in [3.8, 4) is 0 Å². The van der Waals surface area contributed by atoms with Crippen LogP contribution in [0.25, 0.3) is 0 Å². The van der Waals surface area contributed by atoms with Crippen LogP contribution in [0, 0.1) is 5.92 Å². The van der Waals surface area contributed by atoms with Gasteiger partial charge in [0.05, 0.1) is 5.92 Å². The summed E-state index contributed by atoms with van der Waals surface area (Å²) < 4.78 is 0. The van der Waals surface area contributed by atoms with Gasteiger partial charge in [-0.15, -0.1) is 0 Å². The van der Waals surface area contributed by atoms with Gasteiger partial charge < -0.3 is 9.80 Å². The molecule has 1 unspecified atom stereocenters. The Balaban J connectivity index is 1.44. The van der Waals surface area contributed by atoms with Crippen molar-refractivity contribution in [2.75, 3.05) is 31.1 Å². The number of hydrogen-bond acceptors (Lipinski definition) is 3. The lowest BCUT2D eigenvalue weighted by Gasteiger charge is -2.37. The number of carbonyl (C=O) groups excluding carboxylic acids is 1. The molecule has 1 aliphatic carbocycles. The van der Waals surface area contributed by atoms with E-state index < -0.39 is 0 Å². The van der Waals surface area contributed by atoms with Gasteiger partial charge in [-0.05, 0) is 36.5 Å². The van der Waals surface area contributed by atoms with Crippen LogP contribution in [0.15, 0.2) is 54.7 Å². The van der Waals surface area contributed by atoms with Crippen molar-refractivity contribution >= 4 is 11.7 Å². The summed E-state index contributed by atoms with van der Waals surface area (Å²) in [6.07, 6.45) is 4.18. The van der Waals surface area contributed by atoms with Crippen LogP contribution in [0.1, 0.15) is 24.3 Å². The Bertz CT molecular complexity index is 677. The number of pyridine rings is 1. The summed E-state index contributed by atoms with van der Waals surface area (Å²) in [5.41, 5.74) is 1.18. The van der Waals surface area contributed by atoms with Gasteiger partial charge in [0, 0.05) is 32.4 Å². The van der Waals surface area contributed by atoms with Crippen LogP contribution in [-0.2, 0) is 4.79 Å². The highest BCUT2D eigenvalue weighted by atomic mass is 16.2. The second-order valence-electron chi connectivity index (χ2n) is 6.73. The van der Waals surface area contributed by atoms with Gasteiger partial charge in [0.15, 0.2) is 0 Å². The average molecular weight is 321 g/mol. The molecule has 0 bridgehead atoms. The molecule has 1 saturated carbocycles. The Morgan fingerprint density at radius 1 is 0.958 bits per heavy atom. The summed E-state index contributed by atoms with van der Waals surface area (Å²) in [7, 11) is 0. The Morgan fingerprint density at radius 3 is 2.29 bits per heavy atom. The Morgan fingerprint density at radius 2 is 1.67 bits per heavy atom. The van der Waals surface area contributed by atoms with Gasteiger partial charge in [-0.25, -0.2) is 4.98 Å². The SMILES string of the molecule is O=C(C(c1ccccc1)C1CC1)N1CCN(c2ccccn2)CC1. The Labute approximate surface area is 143 Å². The van der Waals surface area contributed by atoms with Crippen molar-refractivity contribution < 1.29 is 4.79 Å². The first-order valence-electron chi connectivity index (χ1n) is 8.82. The molecule has 1 amide bonds. The number of nitrogens with zero attached hydrogens (tertiary/aromatic N) is 3. The van der Waals surface area contributed by atoms with Crippen LogP contribution in [0.5, 0.6) is 0 Å². The van der Waals surface area contributed by atoms with Crippen LogP contribution < -0.4 is 4.90 Å². The van der Waals surface area contributed by atoms with E-state index in [2.05, 4.69) is 26.9 Å². The monoisotopic (exact) mass is 321 g/mol. The number of aromatic nitrogens is 1. The number of rotatable bonds is 4. The van der Waals surface area contributed by atoms with E-state index in [1.807, 2.05) is 42.6 Å². The minimum atomic E-state index is 0.0487. The number of benzene rings is 1. The maximum atomic E-state index is 13.1. The zero-order valence-electron chi connectivity index (χ0n) is 13.8. The fourth-order valence-electron chi connectivity index (χ4n) is 3.60. The normalized spacial score (nSPS) is 19.2. The van der Waals surface area contributed by atoms with Crippen LogP contribution >= 0.6 is 0 Å². The lowest BCUT2D eigenvalue weighted by molar-refractivity contribution is -0.133. The highest BCUT2D eigenvalue weighted by molar-refractivity contribution is 5.84. The molecule has 1 aliphatic heterocycles. The van der Waals surface area contributed by atoms with Crippen molar-refractivity contribution in [1.29, 1.82) is 0 Å². The third kappa shape index (κ3) is 3.14. The summed E-state index contributed by atoms with van der Waals surface area (Å²) in [5.74, 6) is 1.90. The second kappa shape index (κ2) is 6.63. The number of hydrogen-bond donors (Lipinski definition) is 0. The van der Waals surface area contributed by atoms with Crippen molar-refractivity contribution in [3.05, 3.63) is 60.3 Å². The number of piperazine rings is 1. The largest absolute Gasteiger partial charge is 0.353 e. The molecule has 4 rings (SSSR count). The maximum Gasteiger partial charge on any atom is 0.230 e. The molecular weight excluding hydrogens is 298 g/mol. The molecule has 0 N–H and O–H groups in total. The molecule has 2 heterocycles. The smallest absolute Gasteiger partial charge is 0.230 e. The van der Waals surface area contributed by atoms with E-state index >= 15 is 0 Å². The van der Waals surface area contributed by atoms with E-state index in [1.165, 1.54) is 18.4 Å². The molecule has 1 aromatic heterocycles. The lowest BCUT2D eigenvalue weighted by Crippen LogP contribution is -2.50. The van der Waals surface area contributed by atoms with Crippen LogP contribution in [0.3, 0.4) is 0 Å². The predicted molar refractivity (Wildman–Crippen MR) is 94.9 cm³/mol. The fraction of sp³-hybridized carbons (Fsp3) is 0.400. The van der Waals surface area contributed by atoms with Gasteiger partial charge in [0.2, 0.25) is 5.91 Å². The molecule has 4 nitrogen and oxygen atoms in total. The van der Waals surface area contributed by atoms with Crippen LogP contribution in [0.4, 0.5) is 5.82 Å². The first-order chi connectivity index (χ1) is 11.8. The van der Waals surface area contributed by atoms with E-state index in [1.54, 1.807) is 0 Å². The highest BCUT2D eigenvalue weighted by Gasteiger charge is 2.39. The zero-order valence-corrected chi connectivity index (χ0v) is 13.8. The summed E-state index contributed by atoms with van der Waals surface area (Å²) >= 11 is 0. The first-order valence-corrected chi connectivity index (χ1v) is 8.82. The summed E-state index contributed by atoms with van der Waals surface area (Å²) in [5, 5.41) is 0. The minimum Gasteiger partial charge on any atom is -0.353 e. The van der Waals surface area contributed by atoms with E-state index in [9.17, 15) is 4.79 Å². The molecule has 24 heavy (non-hydrogen) atoms. The van der Waals surface area contributed by atoms with E-state index in [0.29, 0.717) is 11.8 Å². The molecule has 2 fully saturated rings. The summed E-state index contributed by atoms with van der Waals surface area (Å²) in [4.78, 5) is 21.8. The summed E-state index contributed by atoms with van der Waals surface area (Å²) in [6.45, 7) is 3.28. The van der Waals surface area contributed by atoms with Gasteiger partial charge in [-0.3, -0.25) is 4.79 Å². The van der Waals surface area contributed by atoms with Crippen molar-refractivity contribution in [2.24, 2.45) is 5.92 Å². The van der Waals surface area contributed by atoms with Gasteiger partial charge in [0.1, 0.15) is 5.82 Å². The minimum absolute atomic E-state index is 0.0487. The highest BCUT2D eigenvalue weighted by Crippen LogP contribution is 2.43. The number of carbonyl (C=O) groups is 1. The van der Waals surface area contributed by atoms with E-state index in [4.69, 9.17) is 0 Å². The second-order valence-corrected chi connectivity index (χ2v) is 6.73. The van der Waals surface area contributed by atoms with Gasteiger partial charge in [-0.1, -0.05) is 36.4 Å². The molecule has 4 heteroatoms. The topological polar surface area (TPSA) is 36.4 Å². The Hall–Kier alpha value is -2.36. The molecule has 2 aromatic rings. The van der Waals surface area contributed by atoms with Crippen LogP contribution in [-0.4, -0.2) is 42.0 Å². The number of amides is 1. The average Bonchev–Trinajstić information content (AvgIpc) is 3.49. The molecule has 0 spiro atoms. The Kier molecular flexibility index (Phi) is 4.20. The zero-order chi connectivity index (χ0) is 16.4. The van der Waals surface area contributed by atoms with Gasteiger partial charge in [-0.2, -0.15) is 0 Å². The van der Waals surface area contributed by atoms with E-state index in [0.717, 1.165) is 32.0 Å². The standard InChI is InChI=1S/C20H23N3O/c24-20(19(17-9-10-17)16-6-2-1-3-7-16)23-14-12-22(13-15-23)18-8-4-5-11-21-18/h1-8,11,17,19H,9-10,12-15H2. The van der Waals surface area contributed by atoms with Gasteiger partial charge >= 0.3 is 0 Å². The third-order valence-electron chi connectivity index (χ3n) is 5.08. The van der Waals surface area contributed by atoms with Crippen LogP contribution in [0.2, 0.25) is 0 Å². The third-order valence-corrected chi connectivity index (χ3v) is 5.08. The molecule has 124 valence electrons. The number of anilines is 1. The molecule has 0 radical (unpaired) electrons. The fourth-order valence-corrected chi connectivity index (χ4v) is 3.60. The molecule has 1 saturated heterocycles. The molecular formula is C20H23N3O. The first kappa shape index (κ1) is 15.2. The van der Waals surface area contributed by atoms with E-state index in [-0.39, 0.29) is 5.92 Å². The maximum absolute atomic E-state index is 13.1. The predicted octanol–water partition coefficient (Wildman–Crippen LogP) is 2.92. The van der Waals surface area contributed by atoms with Crippen molar-refractivity contribution in [1.82, 2.24) is 9.88 Å². The lowest BCUT2D eigenvalue weighted by atomic mass is 9.92. The molecule has 1 aromatic carbocycles. The quantitative estimate of drug-likeness (QED) is 0.869.